The first-order chi connectivity index (χ1) is 23.4. The Balaban J connectivity index is 1.51. The van der Waals surface area contributed by atoms with Crippen LogP contribution in [0, 0.1) is 40.4 Å². The summed E-state index contributed by atoms with van der Waals surface area (Å²) in [6.07, 6.45) is -15.4. The topological polar surface area (TPSA) is 282 Å². The first kappa shape index (κ1) is 36.6. The lowest BCUT2D eigenvalue weighted by Gasteiger charge is -2.67. The number of Topliss-reactive ketones (excluding diaryl/α,β-unsaturated/α-hetero) is 1. The summed E-state index contributed by atoms with van der Waals surface area (Å²) in [5.74, 6) is -12.7. The molecule has 3 saturated heterocycles. The van der Waals surface area contributed by atoms with Gasteiger partial charge in [-0.3, -0.25) is 14.4 Å². The minimum Gasteiger partial charge on any atom is -0.481 e. The van der Waals surface area contributed by atoms with E-state index >= 15 is 0 Å². The molecule has 1 spiro atoms. The van der Waals surface area contributed by atoms with Gasteiger partial charge in [0.15, 0.2) is 5.76 Å². The lowest BCUT2D eigenvalue weighted by atomic mass is 9.38. The summed E-state index contributed by atoms with van der Waals surface area (Å²) in [5, 5.41) is 75.0. The summed E-state index contributed by atoms with van der Waals surface area (Å²) in [6, 6.07) is 0. The standard InChI is InChI=1S/C32H42O18/c1-10(2)5-15(34)50-22-24-31-9-46-32(24,29(44)45-4)25(40)21(39)23(31)30(3)7-12(47-28-20(38)19(37)18(36)13(8-33)48-28)17(35)16(26(41)42)11(30)6-14(31)49-27(22)43/h7,10-11,13-14,16,18-25,28,33,36-40H,5-6,8-9H2,1-4H3,(H,41,42)/t11-,13+,14+,16-,18+,19-,20+,21+,22+,23+,24+,25-,28+,30-,31+,32-/m0/s1. The highest BCUT2D eigenvalue weighted by Gasteiger charge is 2.85. The number of ether oxygens (including phenoxy) is 6. The molecule has 0 aromatic carbocycles. The van der Waals surface area contributed by atoms with Gasteiger partial charge in [-0.15, -0.1) is 0 Å². The minimum atomic E-state index is -2.44. The highest BCUT2D eigenvalue weighted by molar-refractivity contribution is 6.08. The molecule has 7 N–H and O–H groups in total. The van der Waals surface area contributed by atoms with E-state index in [-0.39, 0.29) is 18.8 Å². The Hall–Kier alpha value is -3.23. The number of hydrogen-bond acceptors (Lipinski definition) is 17. The summed E-state index contributed by atoms with van der Waals surface area (Å²) >= 11 is 0. The van der Waals surface area contributed by atoms with Crippen molar-refractivity contribution in [3.05, 3.63) is 11.8 Å². The molecule has 18 nitrogen and oxygen atoms in total. The maximum Gasteiger partial charge on any atom is 0.348 e. The van der Waals surface area contributed by atoms with Gasteiger partial charge in [0.05, 0.1) is 32.3 Å². The van der Waals surface area contributed by atoms with Crippen LogP contribution in [-0.2, 0) is 52.4 Å². The fourth-order valence-electron chi connectivity index (χ4n) is 9.67. The molecule has 278 valence electrons. The van der Waals surface area contributed by atoms with Gasteiger partial charge in [-0.25, -0.2) is 9.59 Å². The van der Waals surface area contributed by atoms with E-state index < -0.39 is 144 Å². The number of aliphatic hydroxyl groups is 6. The fourth-order valence-corrected chi connectivity index (χ4v) is 9.67. The Kier molecular flexibility index (Phi) is 9.12. The van der Waals surface area contributed by atoms with Crippen molar-refractivity contribution in [3.63, 3.8) is 0 Å². The Bertz CT molecular complexity index is 1480. The van der Waals surface area contributed by atoms with Gasteiger partial charge in [-0.05, 0) is 29.7 Å². The number of ketones is 1. The van der Waals surface area contributed by atoms with Gasteiger partial charge in [0, 0.05) is 17.8 Å². The summed E-state index contributed by atoms with van der Waals surface area (Å²) in [5.41, 5.74) is -5.75. The van der Waals surface area contributed by atoms with Gasteiger partial charge in [-0.2, -0.15) is 0 Å². The van der Waals surface area contributed by atoms with Gasteiger partial charge in [-0.1, -0.05) is 20.8 Å². The van der Waals surface area contributed by atoms with E-state index in [2.05, 4.69) is 0 Å². The number of methoxy groups -OCH3 is 1. The molecule has 0 aromatic heterocycles. The number of esters is 3. The maximum atomic E-state index is 13.8. The van der Waals surface area contributed by atoms with Gasteiger partial charge in [0.25, 0.3) is 0 Å². The van der Waals surface area contributed by atoms with Gasteiger partial charge in [0.2, 0.25) is 23.8 Å². The number of carbonyl (C=O) groups excluding carboxylic acids is 4. The van der Waals surface area contributed by atoms with Crippen molar-refractivity contribution in [1.29, 1.82) is 0 Å². The summed E-state index contributed by atoms with van der Waals surface area (Å²) < 4.78 is 33.7. The van der Waals surface area contributed by atoms with Crippen LogP contribution in [-0.4, -0.2) is 146 Å². The van der Waals surface area contributed by atoms with Crippen LogP contribution in [0.3, 0.4) is 0 Å². The molecule has 6 aliphatic rings. The number of hydrogen-bond donors (Lipinski definition) is 7. The SMILES string of the molecule is COC(=O)[C@@]12OC[C@]34[C@H]([C@@H](O)[C@@H]1O)[C@@]1(C)C=C(O[C@@H]5O[C@H](CO)[C@@H](O)[C@H](O)[C@H]5O)C(=O)[C@@H](C(=O)O)[C@@H]1C[C@H]3OC(=O)[C@H](OC(=O)CC(C)C)[C@@H]24. The van der Waals surface area contributed by atoms with E-state index in [1.54, 1.807) is 13.8 Å². The molecule has 2 bridgehead atoms. The van der Waals surface area contributed by atoms with Crippen LogP contribution in [0.15, 0.2) is 11.8 Å². The average Bonchev–Trinajstić information content (AvgIpc) is 3.35. The number of carbonyl (C=O) groups is 5. The number of fused-ring (bicyclic) bond motifs is 2. The third kappa shape index (κ3) is 4.87. The second kappa shape index (κ2) is 12.5. The molecule has 6 rings (SSSR count). The molecule has 2 saturated carbocycles. The number of carboxylic acid groups (broad SMARTS) is 1. The van der Waals surface area contributed by atoms with E-state index in [1.165, 1.54) is 13.0 Å². The molecule has 3 aliphatic carbocycles. The predicted molar refractivity (Wildman–Crippen MR) is 157 cm³/mol. The lowest BCUT2D eigenvalue weighted by Crippen LogP contribution is -2.79. The van der Waals surface area contributed by atoms with E-state index in [4.69, 9.17) is 28.4 Å². The number of aliphatic hydroxyl groups excluding tert-OH is 6. The molecule has 0 unspecified atom stereocenters. The molecule has 18 heteroatoms. The lowest BCUT2D eigenvalue weighted by molar-refractivity contribution is -0.296. The Morgan fingerprint density at radius 1 is 1.02 bits per heavy atom. The second-order valence-electron chi connectivity index (χ2n) is 14.7. The second-order valence-corrected chi connectivity index (χ2v) is 14.7. The molecule has 3 aliphatic heterocycles. The van der Waals surface area contributed by atoms with Crippen molar-refractivity contribution in [2.24, 2.45) is 40.4 Å². The van der Waals surface area contributed by atoms with Crippen LogP contribution < -0.4 is 0 Å². The quantitative estimate of drug-likeness (QED) is 0.0739. The van der Waals surface area contributed by atoms with Crippen LogP contribution in [0.5, 0.6) is 0 Å². The molecule has 16 atom stereocenters. The zero-order valence-corrected chi connectivity index (χ0v) is 27.6. The first-order valence-electron chi connectivity index (χ1n) is 16.4. The van der Waals surface area contributed by atoms with Crippen LogP contribution >= 0.6 is 0 Å². The molecule has 0 amide bonds. The van der Waals surface area contributed by atoms with E-state index in [1.807, 2.05) is 0 Å². The van der Waals surface area contributed by atoms with Crippen molar-refractivity contribution in [3.8, 4) is 0 Å². The molecule has 3 heterocycles. The highest BCUT2D eigenvalue weighted by atomic mass is 16.7. The molecule has 0 aromatic rings. The van der Waals surface area contributed by atoms with Crippen LogP contribution in [0.1, 0.15) is 33.6 Å². The predicted octanol–water partition coefficient (Wildman–Crippen LogP) is -3.22. The molecule has 50 heavy (non-hydrogen) atoms. The van der Waals surface area contributed by atoms with Gasteiger partial charge >= 0.3 is 23.9 Å². The van der Waals surface area contributed by atoms with Crippen molar-refractivity contribution in [2.75, 3.05) is 20.3 Å². The van der Waals surface area contributed by atoms with Crippen molar-refractivity contribution in [2.45, 2.75) is 94.3 Å². The maximum absolute atomic E-state index is 13.8. The zero-order chi connectivity index (χ0) is 36.8. The fraction of sp³-hybridized carbons (Fsp3) is 0.781. The average molecular weight is 715 g/mol. The third-order valence-electron chi connectivity index (χ3n) is 11.7. The number of aliphatic carboxylic acids is 1. The van der Waals surface area contributed by atoms with Crippen LogP contribution in [0.2, 0.25) is 0 Å². The number of rotatable bonds is 8. The van der Waals surface area contributed by atoms with Crippen LogP contribution in [0.25, 0.3) is 0 Å². The summed E-state index contributed by atoms with van der Waals surface area (Å²) in [7, 11) is 1.00. The number of allylic oxidation sites excluding steroid dienone is 2. The summed E-state index contributed by atoms with van der Waals surface area (Å²) in [6.45, 7) is 3.66. The summed E-state index contributed by atoms with van der Waals surface area (Å²) in [4.78, 5) is 67.0. The van der Waals surface area contributed by atoms with Gasteiger partial charge < -0.3 is 64.2 Å². The Morgan fingerprint density at radius 2 is 1.70 bits per heavy atom. The van der Waals surface area contributed by atoms with Gasteiger partial charge in [0.1, 0.15) is 42.5 Å². The van der Waals surface area contributed by atoms with E-state index in [9.17, 15) is 59.7 Å². The van der Waals surface area contributed by atoms with Crippen LogP contribution in [0.4, 0.5) is 0 Å². The molecule has 0 radical (unpaired) electrons. The largest absolute Gasteiger partial charge is 0.481 e. The molecule has 5 fully saturated rings. The minimum absolute atomic E-state index is 0.128. The monoisotopic (exact) mass is 714 g/mol. The first-order valence-corrected chi connectivity index (χ1v) is 16.4. The number of carboxylic acids is 1. The Morgan fingerprint density at radius 3 is 2.30 bits per heavy atom. The normalized spacial score (nSPS) is 47.7. The van der Waals surface area contributed by atoms with E-state index in [0.29, 0.717) is 0 Å². The smallest absolute Gasteiger partial charge is 0.348 e. The highest BCUT2D eigenvalue weighted by Crippen LogP contribution is 2.72. The van der Waals surface area contributed by atoms with E-state index in [0.717, 1.165) is 7.11 Å². The third-order valence-corrected chi connectivity index (χ3v) is 11.7. The van der Waals surface area contributed by atoms with Crippen molar-refractivity contribution in [1.82, 2.24) is 0 Å². The zero-order valence-electron chi connectivity index (χ0n) is 27.6. The van der Waals surface area contributed by atoms with Crippen molar-refractivity contribution < 1.29 is 88.1 Å². The van der Waals surface area contributed by atoms with Crippen molar-refractivity contribution >= 4 is 29.7 Å². The molecular weight excluding hydrogens is 672 g/mol. The Labute approximate surface area is 284 Å². The molecular formula is C32H42O18.